The third-order valence-corrected chi connectivity index (χ3v) is 5.63. The van der Waals surface area contributed by atoms with Crippen molar-refractivity contribution in [1.29, 1.82) is 0 Å². The van der Waals surface area contributed by atoms with Crippen LogP contribution >= 0.6 is 23.2 Å². The molecule has 0 aliphatic carbocycles. The van der Waals surface area contributed by atoms with Crippen molar-refractivity contribution < 1.29 is 4.79 Å². The van der Waals surface area contributed by atoms with Crippen molar-refractivity contribution in [3.05, 3.63) is 68.7 Å². The van der Waals surface area contributed by atoms with Crippen LogP contribution in [0.5, 0.6) is 0 Å². The normalized spacial score (nSPS) is 12.0. The highest BCUT2D eigenvalue weighted by molar-refractivity contribution is 6.31. The fourth-order valence-corrected chi connectivity index (χ4v) is 3.97. The number of hydrogen-bond donors (Lipinski definition) is 1. The van der Waals surface area contributed by atoms with Gasteiger partial charge >= 0.3 is 6.03 Å². The minimum Gasteiger partial charge on any atom is -0.314 e. The molecule has 1 heterocycles. The SMILES string of the molecule is CCCN(C(=O)Nc1ccc(Cl)cc1)C(CC)c1nc2cc(Cl)ccc2c(=O)n1CC. The molecule has 2 aromatic carbocycles. The summed E-state index contributed by atoms with van der Waals surface area (Å²) in [6, 6.07) is 11.4. The van der Waals surface area contributed by atoms with Gasteiger partial charge < -0.3 is 10.2 Å². The average molecular weight is 461 g/mol. The Hall–Kier alpha value is -2.57. The number of hydrogen-bond acceptors (Lipinski definition) is 3. The van der Waals surface area contributed by atoms with Gasteiger partial charge in [0.25, 0.3) is 5.56 Å². The van der Waals surface area contributed by atoms with E-state index in [1.807, 2.05) is 20.8 Å². The Morgan fingerprint density at radius 3 is 2.39 bits per heavy atom. The highest BCUT2D eigenvalue weighted by Gasteiger charge is 2.28. The van der Waals surface area contributed by atoms with Crippen LogP contribution in [0.2, 0.25) is 10.0 Å². The fraction of sp³-hybridized carbons (Fsp3) is 0.348. The second-order valence-electron chi connectivity index (χ2n) is 7.24. The van der Waals surface area contributed by atoms with Gasteiger partial charge in [-0.3, -0.25) is 9.36 Å². The number of nitrogens with zero attached hydrogens (tertiary/aromatic N) is 3. The molecule has 1 aromatic heterocycles. The molecule has 3 rings (SSSR count). The molecule has 0 saturated carbocycles. The van der Waals surface area contributed by atoms with Gasteiger partial charge in [-0.1, -0.05) is 37.0 Å². The first kappa shape index (κ1) is 23.1. The zero-order valence-electron chi connectivity index (χ0n) is 17.9. The van der Waals surface area contributed by atoms with E-state index in [2.05, 4.69) is 5.32 Å². The number of rotatable bonds is 7. The van der Waals surface area contributed by atoms with E-state index in [1.54, 1.807) is 51.9 Å². The van der Waals surface area contributed by atoms with E-state index in [0.717, 1.165) is 6.42 Å². The van der Waals surface area contributed by atoms with Gasteiger partial charge in [-0.25, -0.2) is 9.78 Å². The third kappa shape index (κ3) is 5.02. The highest BCUT2D eigenvalue weighted by Crippen LogP contribution is 2.26. The molecule has 8 heteroatoms. The minimum atomic E-state index is -0.372. The summed E-state index contributed by atoms with van der Waals surface area (Å²) in [4.78, 5) is 32.9. The van der Waals surface area contributed by atoms with Crippen molar-refractivity contribution in [2.45, 2.75) is 46.2 Å². The number of carbonyl (C=O) groups excluding carboxylic acids is 1. The Morgan fingerprint density at radius 1 is 1.10 bits per heavy atom. The molecule has 3 aromatic rings. The number of fused-ring (bicyclic) bond motifs is 1. The molecule has 1 unspecified atom stereocenters. The van der Waals surface area contributed by atoms with Crippen LogP contribution in [0.3, 0.4) is 0 Å². The summed E-state index contributed by atoms with van der Waals surface area (Å²) in [6.07, 6.45) is 1.37. The van der Waals surface area contributed by atoms with E-state index >= 15 is 0 Å². The summed E-state index contributed by atoms with van der Waals surface area (Å²) in [5, 5.41) is 4.55. The summed E-state index contributed by atoms with van der Waals surface area (Å²) in [6.45, 7) is 6.87. The first-order valence-electron chi connectivity index (χ1n) is 10.4. The van der Waals surface area contributed by atoms with Crippen LogP contribution in [-0.2, 0) is 6.54 Å². The average Bonchev–Trinajstić information content (AvgIpc) is 2.75. The molecule has 0 fully saturated rings. The Bertz CT molecular complexity index is 1130. The lowest BCUT2D eigenvalue weighted by Gasteiger charge is -2.32. The second kappa shape index (κ2) is 10.2. The van der Waals surface area contributed by atoms with E-state index in [-0.39, 0.29) is 17.6 Å². The van der Waals surface area contributed by atoms with Gasteiger partial charge in [-0.05, 0) is 62.2 Å². The lowest BCUT2D eigenvalue weighted by Crippen LogP contribution is -2.41. The van der Waals surface area contributed by atoms with Gasteiger partial charge in [0.1, 0.15) is 5.82 Å². The monoisotopic (exact) mass is 460 g/mol. The zero-order chi connectivity index (χ0) is 22.5. The maximum absolute atomic E-state index is 13.2. The molecule has 1 N–H and O–H groups in total. The molecule has 0 saturated heterocycles. The number of urea groups is 1. The van der Waals surface area contributed by atoms with Gasteiger partial charge in [0.2, 0.25) is 0 Å². The Kier molecular flexibility index (Phi) is 7.57. The van der Waals surface area contributed by atoms with Crippen molar-refractivity contribution in [2.75, 3.05) is 11.9 Å². The molecule has 0 bridgehead atoms. The molecular formula is C23H26Cl2N4O2. The van der Waals surface area contributed by atoms with Crippen LogP contribution < -0.4 is 10.9 Å². The molecule has 0 aliphatic rings. The van der Waals surface area contributed by atoms with E-state index in [4.69, 9.17) is 28.2 Å². The summed E-state index contributed by atoms with van der Waals surface area (Å²) < 4.78 is 1.64. The van der Waals surface area contributed by atoms with Crippen LogP contribution in [-0.4, -0.2) is 27.0 Å². The number of aromatic nitrogens is 2. The summed E-state index contributed by atoms with van der Waals surface area (Å²) >= 11 is 12.1. The molecule has 0 aliphatic heterocycles. The Labute approximate surface area is 191 Å². The van der Waals surface area contributed by atoms with Crippen molar-refractivity contribution in [1.82, 2.24) is 14.5 Å². The molecule has 0 radical (unpaired) electrons. The molecule has 164 valence electrons. The van der Waals surface area contributed by atoms with E-state index in [0.29, 0.717) is 52.0 Å². The number of anilines is 1. The number of benzene rings is 2. The first-order valence-corrected chi connectivity index (χ1v) is 11.2. The smallest absolute Gasteiger partial charge is 0.314 e. The number of halogens is 2. The van der Waals surface area contributed by atoms with Gasteiger partial charge in [0.15, 0.2) is 0 Å². The molecule has 2 amide bonds. The summed E-state index contributed by atoms with van der Waals surface area (Å²) in [7, 11) is 0. The van der Waals surface area contributed by atoms with Gasteiger partial charge in [0, 0.05) is 28.8 Å². The largest absolute Gasteiger partial charge is 0.322 e. The topological polar surface area (TPSA) is 67.2 Å². The quantitative estimate of drug-likeness (QED) is 0.461. The van der Waals surface area contributed by atoms with Crippen LogP contribution in [0.25, 0.3) is 10.9 Å². The minimum absolute atomic E-state index is 0.132. The molecule has 1 atom stereocenters. The predicted molar refractivity (Wildman–Crippen MR) is 127 cm³/mol. The maximum Gasteiger partial charge on any atom is 0.322 e. The van der Waals surface area contributed by atoms with E-state index in [1.165, 1.54) is 0 Å². The highest BCUT2D eigenvalue weighted by atomic mass is 35.5. The summed E-state index contributed by atoms with van der Waals surface area (Å²) in [5.41, 5.74) is 1.05. The third-order valence-electron chi connectivity index (χ3n) is 5.14. The number of carbonyl (C=O) groups is 1. The molecular weight excluding hydrogens is 435 g/mol. The maximum atomic E-state index is 13.2. The van der Waals surface area contributed by atoms with Crippen LogP contribution in [0.4, 0.5) is 10.5 Å². The summed E-state index contributed by atoms with van der Waals surface area (Å²) in [5.74, 6) is 0.560. The van der Waals surface area contributed by atoms with E-state index in [9.17, 15) is 9.59 Å². The van der Waals surface area contributed by atoms with Crippen molar-refractivity contribution in [2.24, 2.45) is 0 Å². The lowest BCUT2D eigenvalue weighted by atomic mass is 10.1. The van der Waals surface area contributed by atoms with E-state index < -0.39 is 0 Å². The van der Waals surface area contributed by atoms with Gasteiger partial charge in [-0.2, -0.15) is 0 Å². The molecule has 0 spiro atoms. The van der Waals surface area contributed by atoms with Crippen molar-refractivity contribution >= 4 is 45.8 Å². The molecule has 6 nitrogen and oxygen atoms in total. The van der Waals surface area contributed by atoms with Crippen molar-refractivity contribution in [3.8, 4) is 0 Å². The number of amides is 2. The van der Waals surface area contributed by atoms with Gasteiger partial charge in [0.05, 0.1) is 16.9 Å². The van der Waals surface area contributed by atoms with Crippen molar-refractivity contribution in [3.63, 3.8) is 0 Å². The molecule has 31 heavy (non-hydrogen) atoms. The zero-order valence-corrected chi connectivity index (χ0v) is 19.4. The van der Waals surface area contributed by atoms with Crippen LogP contribution in [0.1, 0.15) is 45.5 Å². The predicted octanol–water partition coefficient (Wildman–Crippen LogP) is 6.12. The Morgan fingerprint density at radius 2 is 1.77 bits per heavy atom. The standard InChI is InChI=1S/C23H26Cl2N4O2/c1-4-13-29(23(31)26-17-10-7-15(24)8-11-17)20(5-2)21-27-19-14-16(25)9-12-18(19)22(30)28(21)6-3/h7-12,14,20H,4-6,13H2,1-3H3,(H,26,31). The first-order chi connectivity index (χ1) is 14.9. The van der Waals surface area contributed by atoms with Crippen LogP contribution in [0, 0.1) is 0 Å². The van der Waals surface area contributed by atoms with Crippen LogP contribution in [0.15, 0.2) is 47.3 Å². The number of nitrogens with one attached hydrogen (secondary N) is 1. The fourth-order valence-electron chi connectivity index (χ4n) is 3.68. The van der Waals surface area contributed by atoms with Gasteiger partial charge in [-0.15, -0.1) is 0 Å². The lowest BCUT2D eigenvalue weighted by molar-refractivity contribution is 0.180. The Balaban J connectivity index is 2.06. The second-order valence-corrected chi connectivity index (χ2v) is 8.11.